The van der Waals surface area contributed by atoms with Crippen molar-refractivity contribution in [2.45, 2.75) is 50.8 Å². The molecule has 2 N–H and O–H groups in total. The molecule has 4 rings (SSSR count). The molecule has 6 nitrogen and oxygen atoms in total. The fourth-order valence-corrected chi connectivity index (χ4v) is 5.04. The molecule has 2 heterocycles. The Balaban J connectivity index is 1.53. The van der Waals surface area contributed by atoms with E-state index in [2.05, 4.69) is 10.0 Å². The monoisotopic (exact) mass is 385 g/mol. The Morgan fingerprint density at radius 1 is 1.15 bits per heavy atom. The summed E-state index contributed by atoms with van der Waals surface area (Å²) in [6, 6.07) is 11.1. The number of hydrogen-bond donors (Lipinski definition) is 2. The molecular formula is C20H23N3O3S. The molecule has 0 aliphatic carbocycles. The van der Waals surface area contributed by atoms with Crippen molar-refractivity contribution in [3.05, 3.63) is 58.7 Å². The summed E-state index contributed by atoms with van der Waals surface area (Å²) < 4.78 is 28.2. The van der Waals surface area contributed by atoms with Gasteiger partial charge in [-0.1, -0.05) is 18.2 Å². The lowest BCUT2D eigenvalue weighted by atomic mass is 10.1. The molecule has 0 saturated heterocycles. The Labute approximate surface area is 159 Å². The third-order valence-electron chi connectivity index (χ3n) is 5.28. The van der Waals surface area contributed by atoms with Crippen molar-refractivity contribution in [2.24, 2.45) is 0 Å². The number of carbonyl (C=O) groups is 1. The molecule has 2 aliphatic heterocycles. The van der Waals surface area contributed by atoms with Gasteiger partial charge < -0.3 is 10.2 Å². The van der Waals surface area contributed by atoms with Gasteiger partial charge in [0.15, 0.2) is 0 Å². The van der Waals surface area contributed by atoms with Crippen molar-refractivity contribution in [3.63, 3.8) is 0 Å². The van der Waals surface area contributed by atoms with E-state index in [0.717, 1.165) is 29.9 Å². The number of benzene rings is 2. The molecule has 2 aromatic rings. The summed E-state index contributed by atoms with van der Waals surface area (Å²) in [6.07, 6.45) is 0.663. The average molecular weight is 385 g/mol. The van der Waals surface area contributed by atoms with E-state index < -0.39 is 10.0 Å². The highest BCUT2D eigenvalue weighted by molar-refractivity contribution is 7.89. The van der Waals surface area contributed by atoms with E-state index in [1.807, 2.05) is 25.1 Å². The molecule has 2 aromatic carbocycles. The molecule has 0 aromatic heterocycles. The van der Waals surface area contributed by atoms with Crippen molar-refractivity contribution < 1.29 is 13.2 Å². The number of nitrogens with one attached hydrogen (secondary N) is 2. The normalized spacial score (nSPS) is 18.4. The Morgan fingerprint density at radius 3 is 2.70 bits per heavy atom. The quantitative estimate of drug-likeness (QED) is 0.845. The molecule has 0 bridgehead atoms. The van der Waals surface area contributed by atoms with E-state index in [9.17, 15) is 13.2 Å². The number of nitrogens with zero attached hydrogens (tertiary/aromatic N) is 1. The van der Waals surface area contributed by atoms with E-state index in [4.69, 9.17) is 0 Å². The molecule has 0 radical (unpaired) electrons. The summed E-state index contributed by atoms with van der Waals surface area (Å²) in [4.78, 5) is 13.8. The van der Waals surface area contributed by atoms with Crippen LogP contribution in [0.4, 0.5) is 5.69 Å². The minimum absolute atomic E-state index is 0.0268. The number of carbonyl (C=O) groups excluding carboxylic acids is 1. The highest BCUT2D eigenvalue weighted by atomic mass is 32.2. The molecule has 142 valence electrons. The summed E-state index contributed by atoms with van der Waals surface area (Å²) in [7, 11) is -3.62. The molecule has 1 amide bonds. The Hall–Kier alpha value is -2.22. The van der Waals surface area contributed by atoms with Gasteiger partial charge in [0, 0.05) is 38.3 Å². The second-order valence-corrected chi connectivity index (χ2v) is 9.03. The molecular weight excluding hydrogens is 362 g/mol. The van der Waals surface area contributed by atoms with Crippen LogP contribution in [0.3, 0.4) is 0 Å². The maximum atomic E-state index is 12.7. The van der Waals surface area contributed by atoms with Crippen molar-refractivity contribution in [3.8, 4) is 0 Å². The van der Waals surface area contributed by atoms with Gasteiger partial charge in [-0.15, -0.1) is 0 Å². The SMILES string of the molecule is CC(=O)N1c2ccc(S(=O)(=O)NCc3ccc4c(c3)CNC4)cc2CC1C. The zero-order chi connectivity index (χ0) is 19.2. The average Bonchev–Trinajstić information content (AvgIpc) is 3.21. The summed E-state index contributed by atoms with van der Waals surface area (Å²) >= 11 is 0. The fraction of sp³-hybridized carbons (Fsp3) is 0.350. The van der Waals surface area contributed by atoms with Crippen molar-refractivity contribution in [1.29, 1.82) is 0 Å². The van der Waals surface area contributed by atoms with Crippen molar-refractivity contribution in [1.82, 2.24) is 10.0 Å². The lowest BCUT2D eigenvalue weighted by Gasteiger charge is -2.20. The Kier molecular flexibility index (Phi) is 4.53. The number of sulfonamides is 1. The molecule has 27 heavy (non-hydrogen) atoms. The van der Waals surface area contributed by atoms with E-state index in [-0.39, 0.29) is 23.4 Å². The minimum Gasteiger partial charge on any atom is -0.309 e. The van der Waals surface area contributed by atoms with Gasteiger partial charge in [-0.05, 0) is 53.8 Å². The predicted molar refractivity (Wildman–Crippen MR) is 104 cm³/mol. The van der Waals surface area contributed by atoms with Gasteiger partial charge in [0.25, 0.3) is 0 Å². The largest absolute Gasteiger partial charge is 0.309 e. The van der Waals surface area contributed by atoms with Crippen molar-refractivity contribution in [2.75, 3.05) is 4.90 Å². The number of anilines is 1. The van der Waals surface area contributed by atoms with Crippen LogP contribution < -0.4 is 14.9 Å². The van der Waals surface area contributed by atoms with Gasteiger partial charge in [0.05, 0.1) is 4.90 Å². The molecule has 0 spiro atoms. The summed E-state index contributed by atoms with van der Waals surface area (Å²) in [5.41, 5.74) is 5.13. The van der Waals surface area contributed by atoms with Crippen LogP contribution in [-0.4, -0.2) is 20.4 Å². The van der Waals surface area contributed by atoms with Crippen LogP contribution in [0.2, 0.25) is 0 Å². The highest BCUT2D eigenvalue weighted by Gasteiger charge is 2.30. The van der Waals surface area contributed by atoms with Gasteiger partial charge in [-0.25, -0.2) is 13.1 Å². The van der Waals surface area contributed by atoms with Crippen LogP contribution in [0.1, 0.15) is 36.1 Å². The first-order valence-electron chi connectivity index (χ1n) is 9.09. The van der Waals surface area contributed by atoms with E-state index in [0.29, 0.717) is 6.42 Å². The topological polar surface area (TPSA) is 78.5 Å². The molecule has 7 heteroatoms. The Morgan fingerprint density at radius 2 is 1.93 bits per heavy atom. The summed E-state index contributed by atoms with van der Waals surface area (Å²) in [5, 5.41) is 3.29. The van der Waals surface area contributed by atoms with E-state index in [1.165, 1.54) is 18.1 Å². The number of amides is 1. The number of rotatable bonds is 4. The molecule has 0 saturated carbocycles. The van der Waals surface area contributed by atoms with Crippen LogP contribution in [0.25, 0.3) is 0 Å². The molecule has 2 aliphatic rings. The predicted octanol–water partition coefficient (Wildman–Crippen LogP) is 2.07. The van der Waals surface area contributed by atoms with Gasteiger partial charge in [0.2, 0.25) is 15.9 Å². The van der Waals surface area contributed by atoms with Gasteiger partial charge >= 0.3 is 0 Å². The van der Waals surface area contributed by atoms with Crippen LogP contribution in [0.15, 0.2) is 41.3 Å². The first kappa shape index (κ1) is 18.2. The van der Waals surface area contributed by atoms with E-state index >= 15 is 0 Å². The smallest absolute Gasteiger partial charge is 0.240 e. The highest BCUT2D eigenvalue weighted by Crippen LogP contribution is 2.33. The number of hydrogen-bond acceptors (Lipinski definition) is 4. The number of fused-ring (bicyclic) bond motifs is 2. The van der Waals surface area contributed by atoms with Crippen molar-refractivity contribution >= 4 is 21.6 Å². The second-order valence-electron chi connectivity index (χ2n) is 7.26. The first-order valence-corrected chi connectivity index (χ1v) is 10.6. The Bertz CT molecular complexity index is 1020. The maximum Gasteiger partial charge on any atom is 0.240 e. The molecule has 1 atom stereocenters. The maximum absolute atomic E-state index is 12.7. The standard InChI is InChI=1S/C20H23N3O3S/c1-13-7-17-9-19(5-6-20(17)23(13)14(2)24)27(25,26)22-10-15-3-4-16-11-21-12-18(16)8-15/h3-6,8-9,13,21-22H,7,10-12H2,1-2H3. The van der Waals surface area contributed by atoms with Gasteiger partial charge in [0.1, 0.15) is 0 Å². The first-order chi connectivity index (χ1) is 12.8. The zero-order valence-electron chi connectivity index (χ0n) is 15.5. The van der Waals surface area contributed by atoms with Crippen LogP contribution in [-0.2, 0) is 40.9 Å². The summed E-state index contributed by atoms with van der Waals surface area (Å²) in [5.74, 6) is -0.0268. The van der Waals surface area contributed by atoms with Gasteiger partial charge in [-0.2, -0.15) is 0 Å². The van der Waals surface area contributed by atoms with Crippen LogP contribution in [0.5, 0.6) is 0 Å². The lowest BCUT2D eigenvalue weighted by Crippen LogP contribution is -2.33. The van der Waals surface area contributed by atoms with E-state index in [1.54, 1.807) is 23.1 Å². The lowest BCUT2D eigenvalue weighted by molar-refractivity contribution is -0.116. The third-order valence-corrected chi connectivity index (χ3v) is 6.68. The molecule has 1 unspecified atom stereocenters. The van der Waals surface area contributed by atoms with Gasteiger partial charge in [-0.3, -0.25) is 4.79 Å². The second kappa shape index (κ2) is 6.74. The molecule has 0 fully saturated rings. The van der Waals surface area contributed by atoms with Crippen LogP contribution in [0, 0.1) is 0 Å². The zero-order valence-corrected chi connectivity index (χ0v) is 16.3. The third kappa shape index (κ3) is 3.38. The fourth-order valence-electron chi connectivity index (χ4n) is 3.97. The minimum atomic E-state index is -3.62. The van der Waals surface area contributed by atoms with Crippen LogP contribution >= 0.6 is 0 Å². The summed E-state index contributed by atoms with van der Waals surface area (Å²) in [6.45, 7) is 5.45.